The molecule has 0 N–H and O–H groups in total. The van der Waals surface area contributed by atoms with Gasteiger partial charge in [0, 0.05) is 27.5 Å². The first-order valence-electron chi connectivity index (χ1n) is 15.8. The molecule has 234 valence electrons. The Bertz CT molecular complexity index is 1760. The molecule has 6 heterocycles. The first-order valence-corrected chi connectivity index (χ1v) is 18.9. The van der Waals surface area contributed by atoms with E-state index < -0.39 is 0 Å². The molecule has 0 amide bonds. The maximum absolute atomic E-state index is 6.13. The van der Waals surface area contributed by atoms with E-state index in [1.54, 1.807) is 0 Å². The first kappa shape index (κ1) is 31.7. The fraction of sp³-hybridized carbons (Fsp3) is 0.143. The topological polar surface area (TPSA) is 18.5 Å². The predicted molar refractivity (Wildman–Crippen MR) is 203 cm³/mol. The molecule has 6 aliphatic heterocycles. The molecule has 0 saturated carbocycles. The molecule has 0 aromatic heterocycles. The van der Waals surface area contributed by atoms with Gasteiger partial charge in [0.05, 0.1) is 0 Å². The second kappa shape index (κ2) is 15.3. The zero-order valence-electron chi connectivity index (χ0n) is 26.0. The standard InChI is InChI=1S/C42H35BrO2S2/c43-42-40-2-1-3-41(42)37-18-10-31(11-19-37)25-45-39-22-14-35(15-23-39)29-47-27-33-6-4-32(5-7-33)26-46-28-34-12-20-38(21-13-34)44-24-30-8-16-36(40)17-9-30/h1-23H,24-29H2. The molecule has 0 spiro atoms. The van der Waals surface area contributed by atoms with Crippen LogP contribution in [0.15, 0.2) is 144 Å². The molecule has 12 rings (SSSR count). The van der Waals surface area contributed by atoms with E-state index >= 15 is 0 Å². The molecule has 5 heteroatoms. The zero-order chi connectivity index (χ0) is 31.8. The van der Waals surface area contributed by atoms with Crippen LogP contribution in [0, 0.1) is 0 Å². The van der Waals surface area contributed by atoms with E-state index in [0.29, 0.717) is 13.2 Å². The third-order valence-corrected chi connectivity index (χ3v) is 11.3. The van der Waals surface area contributed by atoms with Crippen molar-refractivity contribution in [2.75, 3.05) is 0 Å². The minimum atomic E-state index is 0.533. The third kappa shape index (κ3) is 8.34. The van der Waals surface area contributed by atoms with Gasteiger partial charge >= 0.3 is 0 Å². The van der Waals surface area contributed by atoms with Gasteiger partial charge in [-0.15, -0.1) is 0 Å². The van der Waals surface area contributed by atoms with Crippen LogP contribution in [0.4, 0.5) is 0 Å². The highest BCUT2D eigenvalue weighted by atomic mass is 79.9. The van der Waals surface area contributed by atoms with Gasteiger partial charge in [0.1, 0.15) is 24.7 Å². The lowest BCUT2D eigenvalue weighted by molar-refractivity contribution is 0.306. The fourth-order valence-corrected chi connectivity index (χ4v) is 8.18. The first-order chi connectivity index (χ1) is 23.2. The molecule has 6 aliphatic rings. The zero-order valence-corrected chi connectivity index (χ0v) is 29.3. The SMILES string of the molecule is Brc1c2cccc1-c1ccc(cc1)COc1ccc(cc1)CSCc1ccc(cc1)CSCc1ccc(cc1)OCc1ccc-2cc1. The molecule has 0 radical (unpaired) electrons. The highest BCUT2D eigenvalue weighted by Crippen LogP contribution is 2.37. The Balaban J connectivity index is 1.09. The van der Waals surface area contributed by atoms with E-state index in [9.17, 15) is 0 Å². The van der Waals surface area contributed by atoms with Crippen molar-refractivity contribution in [2.45, 2.75) is 36.2 Å². The van der Waals surface area contributed by atoms with Crippen molar-refractivity contribution in [1.29, 1.82) is 0 Å². The molecule has 0 fully saturated rings. The Labute approximate surface area is 294 Å². The van der Waals surface area contributed by atoms with Crippen LogP contribution >= 0.6 is 39.5 Å². The number of rotatable bonds is 0. The highest BCUT2D eigenvalue weighted by molar-refractivity contribution is 9.10. The molecular weight excluding hydrogens is 680 g/mol. The molecule has 0 atom stereocenters. The summed E-state index contributed by atoms with van der Waals surface area (Å²) in [7, 11) is 0. The summed E-state index contributed by atoms with van der Waals surface area (Å²) in [6, 6.07) is 49.8. The quantitative estimate of drug-likeness (QED) is 0.156. The summed E-state index contributed by atoms with van der Waals surface area (Å²) < 4.78 is 13.3. The summed E-state index contributed by atoms with van der Waals surface area (Å²) in [6.45, 7) is 1.07. The van der Waals surface area contributed by atoms with Crippen molar-refractivity contribution in [3.05, 3.63) is 177 Å². The van der Waals surface area contributed by atoms with Crippen LogP contribution in [-0.2, 0) is 36.2 Å². The van der Waals surface area contributed by atoms with E-state index in [-0.39, 0.29) is 0 Å². The van der Waals surface area contributed by atoms with Crippen molar-refractivity contribution in [2.24, 2.45) is 0 Å². The average Bonchev–Trinajstić information content (AvgIpc) is 3.12. The van der Waals surface area contributed by atoms with Gasteiger partial charge in [-0.1, -0.05) is 115 Å². The summed E-state index contributed by atoms with van der Waals surface area (Å²) in [4.78, 5) is 0. The Morgan fingerprint density at radius 2 is 0.702 bits per heavy atom. The monoisotopic (exact) mass is 714 g/mol. The number of hydrogen-bond acceptors (Lipinski definition) is 4. The van der Waals surface area contributed by atoms with Gasteiger partial charge in [-0.3, -0.25) is 0 Å². The van der Waals surface area contributed by atoms with E-state index in [2.05, 4.69) is 155 Å². The third-order valence-electron chi connectivity index (χ3n) is 8.28. The lowest BCUT2D eigenvalue weighted by Gasteiger charge is -2.13. The van der Waals surface area contributed by atoms with Crippen LogP contribution in [0.3, 0.4) is 0 Å². The minimum absolute atomic E-state index is 0.533. The smallest absolute Gasteiger partial charge is 0.119 e. The van der Waals surface area contributed by atoms with Crippen LogP contribution in [0.25, 0.3) is 22.3 Å². The maximum Gasteiger partial charge on any atom is 0.119 e. The van der Waals surface area contributed by atoms with E-state index in [4.69, 9.17) is 9.47 Å². The van der Waals surface area contributed by atoms with Crippen molar-refractivity contribution in [1.82, 2.24) is 0 Å². The molecular formula is C42H35BrO2S2. The van der Waals surface area contributed by atoms with Crippen molar-refractivity contribution in [3.8, 4) is 33.8 Å². The van der Waals surface area contributed by atoms with Gasteiger partial charge < -0.3 is 9.47 Å². The predicted octanol–water partition coefficient (Wildman–Crippen LogP) is 12.1. The molecule has 0 aliphatic carbocycles. The van der Waals surface area contributed by atoms with E-state index in [1.165, 1.54) is 22.3 Å². The number of hydrogen-bond donors (Lipinski definition) is 0. The number of halogens is 1. The number of fused-ring (bicyclic) bond motifs is 5. The average molecular weight is 716 g/mol. The van der Waals surface area contributed by atoms with Crippen molar-refractivity contribution in [3.63, 3.8) is 0 Å². The van der Waals surface area contributed by atoms with Crippen LogP contribution in [0.2, 0.25) is 0 Å². The van der Waals surface area contributed by atoms with Gasteiger partial charge in [0.15, 0.2) is 0 Å². The summed E-state index contributed by atoms with van der Waals surface area (Å²) in [5.41, 5.74) is 12.3. The van der Waals surface area contributed by atoms with E-state index in [0.717, 1.165) is 72.4 Å². The summed E-state index contributed by atoms with van der Waals surface area (Å²) in [5.74, 6) is 5.74. The van der Waals surface area contributed by atoms with E-state index in [1.807, 2.05) is 23.5 Å². The Kier molecular flexibility index (Phi) is 10.3. The summed E-state index contributed by atoms with van der Waals surface area (Å²) in [6.07, 6.45) is 0. The second-order valence-corrected chi connectivity index (χ2v) is 14.5. The molecule has 0 saturated heterocycles. The fourth-order valence-electron chi connectivity index (χ4n) is 5.54. The molecule has 6 aromatic rings. The normalized spacial score (nSPS) is 13.7. The maximum atomic E-state index is 6.13. The van der Waals surface area contributed by atoms with Crippen LogP contribution < -0.4 is 9.47 Å². The lowest BCUT2D eigenvalue weighted by atomic mass is 9.98. The van der Waals surface area contributed by atoms with Crippen LogP contribution in [-0.4, -0.2) is 0 Å². The Morgan fingerprint density at radius 1 is 0.383 bits per heavy atom. The molecule has 6 aromatic carbocycles. The summed E-state index contributed by atoms with van der Waals surface area (Å²) in [5, 5.41) is 0. The van der Waals surface area contributed by atoms with Gasteiger partial charge in [-0.25, -0.2) is 0 Å². The molecule has 0 unspecified atom stereocenters. The summed E-state index contributed by atoms with van der Waals surface area (Å²) >= 11 is 7.80. The van der Waals surface area contributed by atoms with Gasteiger partial charge in [-0.05, 0) is 95.8 Å². The largest absolute Gasteiger partial charge is 0.489 e. The Hall–Kier alpha value is -3.90. The van der Waals surface area contributed by atoms with Crippen molar-refractivity contribution >= 4 is 39.5 Å². The van der Waals surface area contributed by atoms with Crippen molar-refractivity contribution < 1.29 is 9.47 Å². The van der Waals surface area contributed by atoms with Crippen LogP contribution in [0.5, 0.6) is 11.5 Å². The van der Waals surface area contributed by atoms with Crippen LogP contribution in [0.1, 0.15) is 33.4 Å². The van der Waals surface area contributed by atoms with Gasteiger partial charge in [0.2, 0.25) is 0 Å². The van der Waals surface area contributed by atoms with Gasteiger partial charge in [-0.2, -0.15) is 23.5 Å². The molecule has 47 heavy (non-hydrogen) atoms. The van der Waals surface area contributed by atoms with Gasteiger partial charge in [0.25, 0.3) is 0 Å². The molecule has 12 bridgehead atoms. The highest BCUT2D eigenvalue weighted by Gasteiger charge is 2.11. The molecule has 2 nitrogen and oxygen atoms in total. The second-order valence-electron chi connectivity index (χ2n) is 11.7. The minimum Gasteiger partial charge on any atom is -0.489 e. The number of benzene rings is 6. The number of ether oxygens (including phenoxy) is 2. The number of thioether (sulfide) groups is 2. The Morgan fingerprint density at radius 3 is 1.06 bits per heavy atom. The lowest BCUT2D eigenvalue weighted by Crippen LogP contribution is -1.96.